The van der Waals surface area contributed by atoms with Gasteiger partial charge >= 0.3 is 0 Å². The van der Waals surface area contributed by atoms with Gasteiger partial charge in [-0.1, -0.05) is 13.8 Å². The lowest BCUT2D eigenvalue weighted by molar-refractivity contribution is 0.0965. The Balaban J connectivity index is 0.000000181. The first-order valence-electron chi connectivity index (χ1n) is 14.9. The third kappa shape index (κ3) is 4.95. The lowest BCUT2D eigenvalue weighted by Gasteiger charge is -2.23. The van der Waals surface area contributed by atoms with Crippen molar-refractivity contribution in [1.82, 2.24) is 19.1 Å². The number of nitrogens with zero attached hydrogens (tertiary/aromatic N) is 2. The van der Waals surface area contributed by atoms with Crippen molar-refractivity contribution in [2.24, 2.45) is 0 Å². The van der Waals surface area contributed by atoms with E-state index in [9.17, 15) is 38.4 Å². The van der Waals surface area contributed by atoms with E-state index in [0.29, 0.717) is 48.2 Å². The van der Waals surface area contributed by atoms with E-state index < -0.39 is 22.7 Å². The van der Waals surface area contributed by atoms with E-state index in [-0.39, 0.29) is 67.7 Å². The molecule has 2 aliphatic rings. The van der Waals surface area contributed by atoms with Crippen LogP contribution >= 0.6 is 0 Å². The van der Waals surface area contributed by atoms with Crippen molar-refractivity contribution in [2.45, 2.75) is 67.5 Å². The van der Waals surface area contributed by atoms with Crippen molar-refractivity contribution in [2.75, 3.05) is 0 Å². The van der Waals surface area contributed by atoms with Crippen molar-refractivity contribution < 1.29 is 19.2 Å². The Morgan fingerprint density at radius 2 is 0.804 bits per heavy atom. The zero-order valence-corrected chi connectivity index (χ0v) is 26.3. The Morgan fingerprint density at radius 3 is 1.13 bits per heavy atom. The summed E-state index contributed by atoms with van der Waals surface area (Å²) in [6.07, 6.45) is 1.29. The minimum absolute atomic E-state index is 0.0256. The van der Waals surface area contributed by atoms with Gasteiger partial charge < -0.3 is 19.1 Å². The molecular weight excluding hydrogens is 592 g/mol. The predicted octanol–water partition coefficient (Wildman–Crippen LogP) is 2.68. The standard InChI is InChI=1S/2C17H16N2O4/c2*1-4-5-19-11(21)7-9(3)13-15(19)17(23)14-12(16(13)22)8(2)6-10(20)18-14/h2*6-7H,4-5H2,1-3H3,(H,18,20). The van der Waals surface area contributed by atoms with Gasteiger partial charge in [-0.2, -0.15) is 0 Å². The molecule has 0 spiro atoms. The SMILES string of the molecule is CCCn1c2c(c(C)cc1=O)C(=O)c1c(C)cc(=O)[nH]c1C2=O.CCCn1c2c(c(C)cc1=O)C(=O)c1c(C)cc(=O)[nH]c1C2=O. The summed E-state index contributed by atoms with van der Waals surface area (Å²) in [4.78, 5) is 104. The molecule has 0 saturated carbocycles. The van der Waals surface area contributed by atoms with Crippen LogP contribution in [0.4, 0.5) is 0 Å². The van der Waals surface area contributed by atoms with Crippen LogP contribution in [0.2, 0.25) is 0 Å². The number of fused-ring (bicyclic) bond motifs is 4. The Labute approximate surface area is 261 Å². The van der Waals surface area contributed by atoms with Gasteiger partial charge in [-0.05, 0) is 62.8 Å². The highest BCUT2D eigenvalue weighted by molar-refractivity contribution is 6.28. The number of carbonyl (C=O) groups excluding carboxylic acids is 4. The van der Waals surface area contributed by atoms with E-state index in [1.54, 1.807) is 27.7 Å². The number of hydrogen-bond acceptors (Lipinski definition) is 8. The second-order valence-corrected chi connectivity index (χ2v) is 11.5. The van der Waals surface area contributed by atoms with Crippen molar-refractivity contribution >= 4 is 23.1 Å². The number of carbonyl (C=O) groups is 4. The van der Waals surface area contributed by atoms with Crippen molar-refractivity contribution in [1.29, 1.82) is 0 Å². The molecule has 46 heavy (non-hydrogen) atoms. The molecule has 0 saturated heterocycles. The Morgan fingerprint density at radius 1 is 0.478 bits per heavy atom. The molecule has 0 aliphatic heterocycles. The molecular formula is C34H32N4O8. The van der Waals surface area contributed by atoms with E-state index >= 15 is 0 Å². The molecule has 0 atom stereocenters. The van der Waals surface area contributed by atoms with Crippen molar-refractivity contribution in [3.63, 3.8) is 0 Å². The van der Waals surface area contributed by atoms with Crippen LogP contribution in [-0.4, -0.2) is 42.2 Å². The normalized spacial score (nSPS) is 13.0. The van der Waals surface area contributed by atoms with Gasteiger partial charge in [-0.3, -0.25) is 38.4 Å². The highest BCUT2D eigenvalue weighted by Crippen LogP contribution is 2.30. The maximum atomic E-state index is 12.9. The highest BCUT2D eigenvalue weighted by atomic mass is 16.2. The van der Waals surface area contributed by atoms with Crippen LogP contribution in [0.1, 0.15) is 113 Å². The summed E-state index contributed by atoms with van der Waals surface area (Å²) in [6.45, 7) is 11.0. The molecule has 236 valence electrons. The number of nitrogens with one attached hydrogen (secondary N) is 2. The summed E-state index contributed by atoms with van der Waals surface area (Å²) < 4.78 is 2.65. The van der Waals surface area contributed by atoms with Gasteiger partial charge in [0.15, 0.2) is 11.6 Å². The van der Waals surface area contributed by atoms with Crippen LogP contribution in [0.5, 0.6) is 0 Å². The quantitative estimate of drug-likeness (QED) is 0.301. The minimum Gasteiger partial charge on any atom is -0.318 e. The fourth-order valence-corrected chi connectivity index (χ4v) is 6.26. The van der Waals surface area contributed by atoms with E-state index in [4.69, 9.17) is 0 Å². The zero-order valence-electron chi connectivity index (χ0n) is 26.3. The molecule has 0 aromatic carbocycles. The number of aryl methyl sites for hydroxylation is 4. The summed E-state index contributed by atoms with van der Waals surface area (Å²) >= 11 is 0. The van der Waals surface area contributed by atoms with Crippen LogP contribution in [0.25, 0.3) is 0 Å². The number of hydrogen-bond donors (Lipinski definition) is 2. The number of aromatic nitrogens is 4. The number of ketones is 4. The molecule has 4 heterocycles. The summed E-state index contributed by atoms with van der Waals surface area (Å²) in [5.41, 5.74) is 1.40. The molecule has 0 bridgehead atoms. The first kappa shape index (κ1) is 31.9. The van der Waals surface area contributed by atoms with Gasteiger partial charge in [0, 0.05) is 37.4 Å². The van der Waals surface area contributed by atoms with E-state index in [2.05, 4.69) is 9.97 Å². The summed E-state index contributed by atoms with van der Waals surface area (Å²) in [5, 5.41) is 0. The molecule has 6 rings (SSSR count). The number of H-pyrrole nitrogens is 2. The van der Waals surface area contributed by atoms with Crippen molar-refractivity contribution in [3.05, 3.63) is 133 Å². The highest BCUT2D eigenvalue weighted by Gasteiger charge is 2.37. The third-order valence-corrected chi connectivity index (χ3v) is 8.18. The fraction of sp³-hybridized carbons (Fsp3) is 0.294. The molecule has 4 aromatic rings. The van der Waals surface area contributed by atoms with Gasteiger partial charge in [-0.25, -0.2) is 0 Å². The first-order chi connectivity index (χ1) is 21.7. The van der Waals surface area contributed by atoms with Crippen LogP contribution < -0.4 is 22.2 Å². The van der Waals surface area contributed by atoms with Crippen LogP contribution in [0.3, 0.4) is 0 Å². The van der Waals surface area contributed by atoms with Crippen LogP contribution in [-0.2, 0) is 13.1 Å². The third-order valence-electron chi connectivity index (χ3n) is 8.18. The maximum Gasteiger partial charge on any atom is 0.251 e. The summed E-state index contributed by atoms with van der Waals surface area (Å²) in [5.74, 6) is -1.62. The largest absolute Gasteiger partial charge is 0.318 e. The molecule has 0 fully saturated rings. The molecule has 4 aromatic heterocycles. The molecule has 12 heteroatoms. The average Bonchev–Trinajstić information content (AvgIpc) is 2.96. The smallest absolute Gasteiger partial charge is 0.251 e. The predicted molar refractivity (Wildman–Crippen MR) is 169 cm³/mol. The van der Waals surface area contributed by atoms with E-state index in [0.717, 1.165) is 0 Å². The molecule has 0 amide bonds. The zero-order chi connectivity index (χ0) is 33.8. The first-order valence-corrected chi connectivity index (χ1v) is 14.9. The second-order valence-electron chi connectivity index (χ2n) is 11.5. The van der Waals surface area contributed by atoms with Gasteiger partial charge in [0.05, 0.1) is 22.3 Å². The summed E-state index contributed by atoms with van der Waals surface area (Å²) in [6, 6.07) is 5.36. The molecule has 2 N–H and O–H groups in total. The van der Waals surface area contributed by atoms with Gasteiger partial charge in [-0.15, -0.1) is 0 Å². The minimum atomic E-state index is -0.482. The topological polar surface area (TPSA) is 178 Å². The fourth-order valence-electron chi connectivity index (χ4n) is 6.26. The monoisotopic (exact) mass is 624 g/mol. The second kappa shape index (κ2) is 11.8. The van der Waals surface area contributed by atoms with Gasteiger partial charge in [0.1, 0.15) is 22.8 Å². The lowest BCUT2D eigenvalue weighted by Crippen LogP contribution is -2.35. The molecule has 2 aliphatic carbocycles. The molecule has 0 radical (unpaired) electrons. The molecule has 0 unspecified atom stereocenters. The van der Waals surface area contributed by atoms with Crippen LogP contribution in [0, 0.1) is 27.7 Å². The van der Waals surface area contributed by atoms with Gasteiger partial charge in [0.2, 0.25) is 22.7 Å². The number of rotatable bonds is 4. The summed E-state index contributed by atoms with van der Waals surface area (Å²) in [7, 11) is 0. The van der Waals surface area contributed by atoms with Crippen molar-refractivity contribution in [3.8, 4) is 0 Å². The number of pyridine rings is 4. The van der Waals surface area contributed by atoms with E-state index in [1.165, 1.54) is 33.4 Å². The Kier molecular flexibility index (Phi) is 8.16. The number of aromatic amines is 2. The van der Waals surface area contributed by atoms with Crippen LogP contribution in [0.15, 0.2) is 43.4 Å². The van der Waals surface area contributed by atoms with E-state index in [1.807, 2.05) is 13.8 Å². The maximum absolute atomic E-state index is 12.9. The lowest BCUT2D eigenvalue weighted by atomic mass is 9.85. The average molecular weight is 625 g/mol. The Hall–Kier alpha value is -5.52. The Bertz CT molecular complexity index is 2120. The van der Waals surface area contributed by atoms with Gasteiger partial charge in [0.25, 0.3) is 11.1 Å². The molecule has 12 nitrogen and oxygen atoms in total.